The van der Waals surface area contributed by atoms with Crippen LogP contribution in [0.15, 0.2) is 79.4 Å². The van der Waals surface area contributed by atoms with E-state index in [1.54, 1.807) is 0 Å². The molecule has 0 bridgehead atoms. The molecule has 0 heteroatoms. The molecule has 0 amide bonds. The lowest BCUT2D eigenvalue weighted by Crippen LogP contribution is -1.94. The molecule has 0 heterocycles. The molecule has 0 aliphatic rings. The number of benzene rings is 3. The van der Waals surface area contributed by atoms with Crippen LogP contribution in [0.5, 0.6) is 0 Å². The molecule has 0 saturated heterocycles. The second-order valence-corrected chi connectivity index (χ2v) is 5.69. The summed E-state index contributed by atoms with van der Waals surface area (Å²) in [4.78, 5) is 0. The molecule has 0 radical (unpaired) electrons. The third-order valence-corrected chi connectivity index (χ3v) is 4.10. The predicted molar refractivity (Wildman–Crippen MR) is 95.9 cm³/mol. The first kappa shape index (κ1) is 14.3. The van der Waals surface area contributed by atoms with Crippen LogP contribution in [0, 0.1) is 13.8 Å². The summed E-state index contributed by atoms with van der Waals surface area (Å²) < 4.78 is 0. The molecule has 0 spiro atoms. The highest BCUT2D eigenvalue weighted by Crippen LogP contribution is 2.31. The fourth-order valence-corrected chi connectivity index (χ4v) is 2.86. The van der Waals surface area contributed by atoms with E-state index in [0.717, 1.165) is 5.57 Å². The van der Waals surface area contributed by atoms with Crippen molar-refractivity contribution >= 4 is 5.57 Å². The van der Waals surface area contributed by atoms with Gasteiger partial charge in [0.1, 0.15) is 0 Å². The SMILES string of the molecule is C=C(c1ccccc1)c1cc(C)c(-c2ccccc2)cc1C. The number of rotatable bonds is 3. The quantitative estimate of drug-likeness (QED) is 0.550. The molecular weight excluding hydrogens is 264 g/mol. The van der Waals surface area contributed by atoms with Gasteiger partial charge in [0.05, 0.1) is 0 Å². The van der Waals surface area contributed by atoms with E-state index in [9.17, 15) is 0 Å². The molecule has 108 valence electrons. The van der Waals surface area contributed by atoms with E-state index in [0.29, 0.717) is 0 Å². The van der Waals surface area contributed by atoms with Crippen LogP contribution in [-0.2, 0) is 0 Å². The fourth-order valence-electron chi connectivity index (χ4n) is 2.86. The minimum absolute atomic E-state index is 1.08. The maximum absolute atomic E-state index is 4.30. The van der Waals surface area contributed by atoms with Crippen LogP contribution in [-0.4, -0.2) is 0 Å². The van der Waals surface area contributed by atoms with Gasteiger partial charge in [-0.2, -0.15) is 0 Å². The summed E-state index contributed by atoms with van der Waals surface area (Å²) in [6.07, 6.45) is 0. The van der Waals surface area contributed by atoms with E-state index in [2.05, 4.69) is 87.2 Å². The molecule has 0 N–H and O–H groups in total. The molecule has 3 aromatic carbocycles. The Balaban J connectivity index is 2.06. The second kappa shape index (κ2) is 6.03. The van der Waals surface area contributed by atoms with Crippen molar-refractivity contribution < 1.29 is 0 Å². The maximum Gasteiger partial charge on any atom is -0.0152 e. The smallest absolute Gasteiger partial charge is 0.0152 e. The summed E-state index contributed by atoms with van der Waals surface area (Å²) in [6.45, 7) is 8.63. The number of hydrogen-bond acceptors (Lipinski definition) is 0. The van der Waals surface area contributed by atoms with Crippen molar-refractivity contribution in [3.05, 3.63) is 102 Å². The monoisotopic (exact) mass is 284 g/mol. The van der Waals surface area contributed by atoms with E-state index in [1.807, 2.05) is 6.07 Å². The summed E-state index contributed by atoms with van der Waals surface area (Å²) in [5.74, 6) is 0. The van der Waals surface area contributed by atoms with E-state index in [1.165, 1.54) is 33.4 Å². The van der Waals surface area contributed by atoms with Crippen LogP contribution in [0.2, 0.25) is 0 Å². The first-order valence-corrected chi connectivity index (χ1v) is 7.58. The molecule has 3 rings (SSSR count). The Morgan fingerprint density at radius 2 is 1.32 bits per heavy atom. The molecule has 0 aliphatic carbocycles. The van der Waals surface area contributed by atoms with Gasteiger partial charge in [0.15, 0.2) is 0 Å². The largest absolute Gasteiger partial charge is 0.0905 e. The summed E-state index contributed by atoms with van der Waals surface area (Å²) in [5, 5.41) is 0. The van der Waals surface area contributed by atoms with Crippen LogP contribution in [0.4, 0.5) is 0 Å². The van der Waals surface area contributed by atoms with E-state index in [4.69, 9.17) is 0 Å². The summed E-state index contributed by atoms with van der Waals surface area (Å²) >= 11 is 0. The van der Waals surface area contributed by atoms with Gasteiger partial charge in [0.25, 0.3) is 0 Å². The minimum Gasteiger partial charge on any atom is -0.0905 e. The maximum atomic E-state index is 4.30. The highest BCUT2D eigenvalue weighted by atomic mass is 14.1. The first-order chi connectivity index (χ1) is 10.7. The van der Waals surface area contributed by atoms with Crippen molar-refractivity contribution in [2.24, 2.45) is 0 Å². The molecule has 0 aromatic heterocycles. The first-order valence-electron chi connectivity index (χ1n) is 7.58. The van der Waals surface area contributed by atoms with Gasteiger partial charge in [0.2, 0.25) is 0 Å². The van der Waals surface area contributed by atoms with Crippen molar-refractivity contribution in [3.8, 4) is 11.1 Å². The Bertz CT molecular complexity index is 796. The zero-order valence-electron chi connectivity index (χ0n) is 13.1. The van der Waals surface area contributed by atoms with Crippen LogP contribution in [0.25, 0.3) is 16.7 Å². The minimum atomic E-state index is 1.08. The van der Waals surface area contributed by atoms with Gasteiger partial charge in [-0.05, 0) is 52.8 Å². The van der Waals surface area contributed by atoms with Crippen LogP contribution in [0.1, 0.15) is 22.3 Å². The topological polar surface area (TPSA) is 0 Å². The van der Waals surface area contributed by atoms with Gasteiger partial charge in [-0.25, -0.2) is 0 Å². The van der Waals surface area contributed by atoms with Crippen molar-refractivity contribution in [1.29, 1.82) is 0 Å². The van der Waals surface area contributed by atoms with Crippen LogP contribution < -0.4 is 0 Å². The lowest BCUT2D eigenvalue weighted by Gasteiger charge is -2.15. The zero-order valence-corrected chi connectivity index (χ0v) is 13.1. The Kier molecular flexibility index (Phi) is 3.93. The van der Waals surface area contributed by atoms with E-state index in [-0.39, 0.29) is 0 Å². The van der Waals surface area contributed by atoms with Crippen molar-refractivity contribution in [2.75, 3.05) is 0 Å². The van der Waals surface area contributed by atoms with Gasteiger partial charge in [-0.1, -0.05) is 79.4 Å². The van der Waals surface area contributed by atoms with E-state index < -0.39 is 0 Å². The molecule has 0 fully saturated rings. The molecule has 0 nitrogen and oxygen atoms in total. The lowest BCUT2D eigenvalue weighted by molar-refractivity contribution is 1.35. The van der Waals surface area contributed by atoms with Gasteiger partial charge >= 0.3 is 0 Å². The molecule has 22 heavy (non-hydrogen) atoms. The van der Waals surface area contributed by atoms with Crippen molar-refractivity contribution in [1.82, 2.24) is 0 Å². The third-order valence-electron chi connectivity index (χ3n) is 4.10. The van der Waals surface area contributed by atoms with Gasteiger partial charge in [0, 0.05) is 0 Å². The highest BCUT2D eigenvalue weighted by molar-refractivity contribution is 5.82. The standard InChI is InChI=1S/C22H20/c1-16-15-22(20-12-8-5-9-13-20)17(2)14-21(16)18(3)19-10-6-4-7-11-19/h4-15H,3H2,1-2H3. The molecular formula is C22H20. The van der Waals surface area contributed by atoms with Crippen molar-refractivity contribution in [2.45, 2.75) is 13.8 Å². The summed E-state index contributed by atoms with van der Waals surface area (Å²) in [7, 11) is 0. The lowest BCUT2D eigenvalue weighted by atomic mass is 9.90. The Morgan fingerprint density at radius 3 is 1.95 bits per heavy atom. The van der Waals surface area contributed by atoms with Gasteiger partial charge in [-0.3, -0.25) is 0 Å². The van der Waals surface area contributed by atoms with Crippen molar-refractivity contribution in [3.63, 3.8) is 0 Å². The molecule has 3 aromatic rings. The second-order valence-electron chi connectivity index (χ2n) is 5.69. The average molecular weight is 284 g/mol. The van der Waals surface area contributed by atoms with Crippen LogP contribution >= 0.6 is 0 Å². The Labute approximate surface area is 132 Å². The summed E-state index contributed by atoms with van der Waals surface area (Å²) in [5.41, 5.74) is 8.59. The molecule has 0 aliphatic heterocycles. The Morgan fingerprint density at radius 1 is 0.727 bits per heavy atom. The van der Waals surface area contributed by atoms with Crippen LogP contribution in [0.3, 0.4) is 0 Å². The number of hydrogen-bond donors (Lipinski definition) is 0. The average Bonchev–Trinajstić information content (AvgIpc) is 2.57. The Hall–Kier alpha value is -2.60. The van der Waals surface area contributed by atoms with Gasteiger partial charge in [-0.15, -0.1) is 0 Å². The third kappa shape index (κ3) is 2.73. The molecule has 0 saturated carbocycles. The predicted octanol–water partition coefficient (Wildman–Crippen LogP) is 6.03. The summed E-state index contributed by atoms with van der Waals surface area (Å²) in [6, 6.07) is 25.4. The molecule has 0 unspecified atom stereocenters. The zero-order chi connectivity index (χ0) is 15.5. The van der Waals surface area contributed by atoms with E-state index >= 15 is 0 Å². The van der Waals surface area contributed by atoms with Gasteiger partial charge < -0.3 is 0 Å². The normalized spacial score (nSPS) is 10.5. The molecule has 0 atom stereocenters. The number of aryl methyl sites for hydroxylation is 2. The fraction of sp³-hybridized carbons (Fsp3) is 0.0909. The highest BCUT2D eigenvalue weighted by Gasteiger charge is 2.10.